The molecule has 0 aromatic heterocycles. The van der Waals surface area contributed by atoms with Gasteiger partial charge in [-0.25, -0.2) is 0 Å². The highest BCUT2D eigenvalue weighted by molar-refractivity contribution is 5.86. The molecule has 84 valence electrons. The molecule has 1 aromatic carbocycles. The summed E-state index contributed by atoms with van der Waals surface area (Å²) >= 11 is 0. The van der Waals surface area contributed by atoms with E-state index in [0.29, 0.717) is 5.56 Å². The van der Waals surface area contributed by atoms with Gasteiger partial charge in [-0.3, -0.25) is 4.79 Å². The monoisotopic (exact) mass is 218 g/mol. The van der Waals surface area contributed by atoms with Crippen molar-refractivity contribution >= 4 is 5.91 Å². The van der Waals surface area contributed by atoms with Crippen LogP contribution in [-0.4, -0.2) is 23.7 Å². The molecule has 0 bridgehead atoms. The van der Waals surface area contributed by atoms with Crippen molar-refractivity contribution in [3.63, 3.8) is 0 Å². The van der Waals surface area contributed by atoms with Gasteiger partial charge in [-0.15, -0.1) is 0 Å². The molecular formula is C12H14N2O2. The van der Waals surface area contributed by atoms with Crippen LogP contribution in [-0.2, 0) is 4.79 Å². The second kappa shape index (κ2) is 5.89. The van der Waals surface area contributed by atoms with Gasteiger partial charge in [-0.1, -0.05) is 30.3 Å². The number of amides is 1. The largest absolute Gasteiger partial charge is 0.394 e. The fourth-order valence-corrected chi connectivity index (χ4v) is 1.30. The number of nitrogens with one attached hydrogen (secondary N) is 1. The molecular weight excluding hydrogens is 204 g/mol. The third-order valence-corrected chi connectivity index (χ3v) is 2.19. The first-order valence-corrected chi connectivity index (χ1v) is 5.04. The SMILES string of the molecule is CC(CO)NC(=O)C(C#N)c1ccccc1. The predicted molar refractivity (Wildman–Crippen MR) is 59.5 cm³/mol. The van der Waals surface area contributed by atoms with Crippen LogP contribution >= 0.6 is 0 Å². The number of rotatable bonds is 4. The first-order valence-electron chi connectivity index (χ1n) is 5.04. The van der Waals surface area contributed by atoms with Crippen molar-refractivity contribution in [2.75, 3.05) is 6.61 Å². The standard InChI is InChI=1S/C12H14N2O2/c1-9(8-15)14-12(16)11(7-13)10-5-3-2-4-6-10/h2-6,9,11,15H,8H2,1H3,(H,14,16). The van der Waals surface area contributed by atoms with E-state index in [4.69, 9.17) is 10.4 Å². The first-order chi connectivity index (χ1) is 7.69. The molecule has 0 radical (unpaired) electrons. The van der Waals surface area contributed by atoms with Crippen molar-refractivity contribution in [2.24, 2.45) is 0 Å². The molecule has 16 heavy (non-hydrogen) atoms. The Morgan fingerprint density at radius 2 is 2.12 bits per heavy atom. The van der Waals surface area contributed by atoms with Gasteiger partial charge in [0.05, 0.1) is 12.7 Å². The Bertz CT molecular complexity index is 384. The average Bonchev–Trinajstić information content (AvgIpc) is 2.31. The van der Waals surface area contributed by atoms with Crippen molar-refractivity contribution in [3.05, 3.63) is 35.9 Å². The Morgan fingerprint density at radius 3 is 2.62 bits per heavy atom. The van der Waals surface area contributed by atoms with Gasteiger partial charge in [0.2, 0.25) is 5.91 Å². The van der Waals surface area contributed by atoms with Crippen LogP contribution in [0, 0.1) is 11.3 Å². The summed E-state index contributed by atoms with van der Waals surface area (Å²) in [7, 11) is 0. The van der Waals surface area contributed by atoms with Gasteiger partial charge in [0.1, 0.15) is 5.92 Å². The van der Waals surface area contributed by atoms with E-state index >= 15 is 0 Å². The zero-order valence-electron chi connectivity index (χ0n) is 9.05. The Balaban J connectivity index is 2.77. The number of nitriles is 1. The van der Waals surface area contributed by atoms with Crippen LogP contribution in [0.5, 0.6) is 0 Å². The van der Waals surface area contributed by atoms with E-state index in [9.17, 15) is 4.79 Å². The molecule has 4 nitrogen and oxygen atoms in total. The lowest BCUT2D eigenvalue weighted by molar-refractivity contribution is -0.122. The molecule has 1 rings (SSSR count). The van der Waals surface area contributed by atoms with E-state index in [1.54, 1.807) is 31.2 Å². The summed E-state index contributed by atoms with van der Waals surface area (Å²) < 4.78 is 0. The summed E-state index contributed by atoms with van der Waals surface area (Å²) in [5, 5.41) is 20.3. The van der Waals surface area contributed by atoms with Crippen molar-refractivity contribution < 1.29 is 9.90 Å². The van der Waals surface area contributed by atoms with Crippen LogP contribution < -0.4 is 5.32 Å². The molecule has 0 saturated carbocycles. The van der Waals surface area contributed by atoms with Crippen molar-refractivity contribution in [2.45, 2.75) is 18.9 Å². The lowest BCUT2D eigenvalue weighted by atomic mass is 10.00. The zero-order chi connectivity index (χ0) is 12.0. The minimum atomic E-state index is -0.824. The van der Waals surface area contributed by atoms with Gasteiger partial charge in [0.25, 0.3) is 0 Å². The van der Waals surface area contributed by atoms with Crippen LogP contribution in [0.1, 0.15) is 18.4 Å². The maximum absolute atomic E-state index is 11.7. The molecule has 0 aliphatic heterocycles. The molecule has 1 amide bonds. The summed E-state index contributed by atoms with van der Waals surface area (Å²) in [5.74, 6) is -1.20. The van der Waals surface area contributed by atoms with Crippen molar-refractivity contribution in [3.8, 4) is 6.07 Å². The second-order valence-corrected chi connectivity index (χ2v) is 3.57. The quantitative estimate of drug-likeness (QED) is 0.784. The number of benzene rings is 1. The Kier molecular flexibility index (Phi) is 4.49. The second-order valence-electron chi connectivity index (χ2n) is 3.57. The lowest BCUT2D eigenvalue weighted by Crippen LogP contribution is -2.37. The van der Waals surface area contributed by atoms with Gasteiger partial charge in [0, 0.05) is 6.04 Å². The van der Waals surface area contributed by atoms with Gasteiger partial charge >= 0.3 is 0 Å². The summed E-state index contributed by atoms with van der Waals surface area (Å²) in [6.45, 7) is 1.54. The minimum Gasteiger partial charge on any atom is -0.394 e. The minimum absolute atomic E-state index is 0.140. The summed E-state index contributed by atoms with van der Waals surface area (Å²) in [6.07, 6.45) is 0. The first kappa shape index (κ1) is 12.2. The van der Waals surface area contributed by atoms with Crippen LogP contribution in [0.4, 0.5) is 0 Å². The average molecular weight is 218 g/mol. The molecule has 0 saturated heterocycles. The highest BCUT2D eigenvalue weighted by Crippen LogP contribution is 2.14. The third-order valence-electron chi connectivity index (χ3n) is 2.19. The number of carbonyl (C=O) groups is 1. The summed E-state index contributed by atoms with van der Waals surface area (Å²) in [6, 6.07) is 10.5. The lowest BCUT2D eigenvalue weighted by Gasteiger charge is -2.14. The smallest absolute Gasteiger partial charge is 0.242 e. The normalized spacial score (nSPS) is 13.6. The van der Waals surface area contributed by atoms with Crippen LogP contribution in [0.25, 0.3) is 0 Å². The van der Waals surface area contributed by atoms with Gasteiger partial charge in [0.15, 0.2) is 0 Å². The zero-order valence-corrected chi connectivity index (χ0v) is 9.05. The molecule has 0 spiro atoms. The highest BCUT2D eigenvalue weighted by Gasteiger charge is 2.20. The molecule has 0 fully saturated rings. The molecule has 2 unspecified atom stereocenters. The van der Waals surface area contributed by atoms with E-state index < -0.39 is 5.92 Å². The molecule has 0 heterocycles. The number of hydrogen-bond acceptors (Lipinski definition) is 3. The van der Waals surface area contributed by atoms with Gasteiger partial charge in [-0.2, -0.15) is 5.26 Å². The van der Waals surface area contributed by atoms with E-state index in [0.717, 1.165) is 0 Å². The van der Waals surface area contributed by atoms with Gasteiger partial charge < -0.3 is 10.4 Å². The Morgan fingerprint density at radius 1 is 1.50 bits per heavy atom. The number of aliphatic hydroxyl groups is 1. The molecule has 2 atom stereocenters. The summed E-state index contributed by atoms with van der Waals surface area (Å²) in [4.78, 5) is 11.7. The van der Waals surface area contributed by atoms with Crippen LogP contribution in [0.15, 0.2) is 30.3 Å². The molecule has 1 aromatic rings. The number of hydrogen-bond donors (Lipinski definition) is 2. The number of nitrogens with zero attached hydrogens (tertiary/aromatic N) is 1. The van der Waals surface area contributed by atoms with Crippen molar-refractivity contribution in [1.82, 2.24) is 5.32 Å². The van der Waals surface area contributed by atoms with E-state index in [-0.39, 0.29) is 18.6 Å². The Hall–Kier alpha value is -1.86. The fraction of sp³-hybridized carbons (Fsp3) is 0.333. The topological polar surface area (TPSA) is 73.1 Å². The van der Waals surface area contributed by atoms with Gasteiger partial charge in [-0.05, 0) is 12.5 Å². The van der Waals surface area contributed by atoms with E-state index in [1.165, 1.54) is 0 Å². The maximum Gasteiger partial charge on any atom is 0.242 e. The third kappa shape index (κ3) is 3.07. The Labute approximate surface area is 94.5 Å². The van der Waals surface area contributed by atoms with Crippen molar-refractivity contribution in [1.29, 1.82) is 5.26 Å². The maximum atomic E-state index is 11.7. The van der Waals surface area contributed by atoms with E-state index in [2.05, 4.69) is 5.32 Å². The molecule has 0 aliphatic carbocycles. The highest BCUT2D eigenvalue weighted by atomic mass is 16.3. The fourth-order valence-electron chi connectivity index (χ4n) is 1.30. The van der Waals surface area contributed by atoms with Crippen LogP contribution in [0.2, 0.25) is 0 Å². The molecule has 0 aliphatic rings. The number of carbonyl (C=O) groups excluding carboxylic acids is 1. The predicted octanol–water partition coefficient (Wildman–Crippen LogP) is 0.791. The van der Waals surface area contributed by atoms with E-state index in [1.807, 2.05) is 12.1 Å². The molecule has 4 heteroatoms. The number of aliphatic hydroxyl groups excluding tert-OH is 1. The van der Waals surface area contributed by atoms with Crippen LogP contribution in [0.3, 0.4) is 0 Å². The summed E-state index contributed by atoms with van der Waals surface area (Å²) in [5.41, 5.74) is 0.660. The molecule has 2 N–H and O–H groups in total.